The van der Waals surface area contributed by atoms with Crippen molar-refractivity contribution in [3.8, 4) is 11.1 Å². The lowest BCUT2D eigenvalue weighted by Gasteiger charge is -2.36. The molecule has 0 aliphatic carbocycles. The topological polar surface area (TPSA) is 114 Å². The van der Waals surface area contributed by atoms with Crippen LogP contribution < -0.4 is 10.2 Å². The van der Waals surface area contributed by atoms with Gasteiger partial charge in [-0.05, 0) is 101 Å². The number of carbonyl (C=O) groups excluding carboxylic acids is 3. The molecule has 3 heterocycles. The molecule has 2 aromatic heterocycles. The lowest BCUT2D eigenvalue weighted by atomic mass is 9.97. The second-order valence-electron chi connectivity index (χ2n) is 13.1. The molecule has 0 radical (unpaired) electrons. The third-order valence-electron chi connectivity index (χ3n) is 7.20. The van der Waals surface area contributed by atoms with Crippen molar-refractivity contribution in [1.29, 1.82) is 0 Å². The highest BCUT2D eigenvalue weighted by Gasteiger charge is 2.26. The number of rotatable bonds is 6. The predicted octanol–water partition coefficient (Wildman–Crippen LogP) is 7.32. The number of ether oxygens (including phenoxy) is 2. The first-order valence-electron chi connectivity index (χ1n) is 15.1. The minimum absolute atomic E-state index is 0.0652. The van der Waals surface area contributed by atoms with Gasteiger partial charge in [0.1, 0.15) is 17.0 Å². The van der Waals surface area contributed by atoms with Crippen LogP contribution in [0.5, 0.6) is 0 Å². The van der Waals surface area contributed by atoms with Gasteiger partial charge in [0.05, 0.1) is 18.0 Å². The Morgan fingerprint density at radius 1 is 0.844 bits per heavy atom. The van der Waals surface area contributed by atoms with Gasteiger partial charge in [0, 0.05) is 54.8 Å². The Balaban J connectivity index is 1.30. The number of piperazine rings is 1. The SMILES string of the molecule is CC(C)(C)OC(=O)Nc1ccc(-c2ccoc2)cc1CC(=O)c1ccc2nc(N3CCN(C(=O)OC(C)(C)C)CC3)ccc2c1. The zero-order valence-electron chi connectivity index (χ0n) is 26.7. The molecule has 1 N–H and O–H groups in total. The Kier molecular flexibility index (Phi) is 8.86. The molecule has 10 heteroatoms. The van der Waals surface area contributed by atoms with Crippen molar-refractivity contribution in [2.45, 2.75) is 59.2 Å². The lowest BCUT2D eigenvalue weighted by Crippen LogP contribution is -2.50. The molecule has 0 spiro atoms. The smallest absolute Gasteiger partial charge is 0.412 e. The molecule has 0 saturated carbocycles. The summed E-state index contributed by atoms with van der Waals surface area (Å²) in [6.45, 7) is 13.4. The fraction of sp³-hybridized carbons (Fsp3) is 0.371. The first kappa shape index (κ1) is 31.6. The van der Waals surface area contributed by atoms with Crippen molar-refractivity contribution in [3.63, 3.8) is 0 Å². The van der Waals surface area contributed by atoms with E-state index >= 15 is 0 Å². The minimum Gasteiger partial charge on any atom is -0.472 e. The number of furan rings is 1. The number of carbonyl (C=O) groups is 3. The molecule has 4 aromatic rings. The van der Waals surface area contributed by atoms with Crippen LogP contribution in [0.25, 0.3) is 22.0 Å². The molecule has 5 rings (SSSR count). The van der Waals surface area contributed by atoms with Gasteiger partial charge in [-0.25, -0.2) is 14.6 Å². The Labute approximate surface area is 263 Å². The number of ketones is 1. The van der Waals surface area contributed by atoms with E-state index in [0.717, 1.165) is 27.8 Å². The summed E-state index contributed by atoms with van der Waals surface area (Å²) in [7, 11) is 0. The van der Waals surface area contributed by atoms with E-state index in [9.17, 15) is 14.4 Å². The van der Waals surface area contributed by atoms with E-state index in [1.165, 1.54) is 0 Å². The van der Waals surface area contributed by atoms with Gasteiger partial charge in [0.15, 0.2) is 5.78 Å². The fourth-order valence-corrected chi connectivity index (χ4v) is 5.07. The van der Waals surface area contributed by atoms with Crippen molar-refractivity contribution < 1.29 is 28.3 Å². The van der Waals surface area contributed by atoms with Crippen molar-refractivity contribution in [1.82, 2.24) is 9.88 Å². The van der Waals surface area contributed by atoms with Gasteiger partial charge in [-0.1, -0.05) is 6.07 Å². The normalized spacial score (nSPS) is 13.9. The molecule has 0 unspecified atom stereocenters. The van der Waals surface area contributed by atoms with Gasteiger partial charge in [-0.3, -0.25) is 10.1 Å². The molecule has 1 fully saturated rings. The summed E-state index contributed by atoms with van der Waals surface area (Å²) < 4.78 is 16.2. The van der Waals surface area contributed by atoms with Gasteiger partial charge in [0.2, 0.25) is 0 Å². The maximum atomic E-state index is 13.6. The van der Waals surface area contributed by atoms with E-state index in [1.807, 2.05) is 63.2 Å². The molecule has 45 heavy (non-hydrogen) atoms. The first-order valence-corrected chi connectivity index (χ1v) is 15.1. The zero-order valence-corrected chi connectivity index (χ0v) is 26.7. The predicted molar refractivity (Wildman–Crippen MR) is 174 cm³/mol. The first-order chi connectivity index (χ1) is 21.2. The Hall–Kier alpha value is -4.86. The second kappa shape index (κ2) is 12.6. The fourth-order valence-electron chi connectivity index (χ4n) is 5.07. The van der Waals surface area contributed by atoms with Crippen LogP contribution >= 0.6 is 0 Å². The number of anilines is 2. The van der Waals surface area contributed by atoms with Crippen molar-refractivity contribution in [3.05, 3.63) is 78.3 Å². The summed E-state index contributed by atoms with van der Waals surface area (Å²) in [5.41, 5.74) is 3.01. The summed E-state index contributed by atoms with van der Waals surface area (Å²) in [5, 5.41) is 3.65. The molecular formula is C35H40N4O6. The molecule has 10 nitrogen and oxygen atoms in total. The van der Waals surface area contributed by atoms with E-state index in [1.54, 1.807) is 50.3 Å². The van der Waals surface area contributed by atoms with E-state index in [0.29, 0.717) is 43.0 Å². The Bertz CT molecular complexity index is 1690. The van der Waals surface area contributed by atoms with Crippen LogP contribution in [0.1, 0.15) is 57.5 Å². The minimum atomic E-state index is -0.662. The van der Waals surface area contributed by atoms with Crippen LogP contribution in [-0.4, -0.2) is 65.2 Å². The molecule has 2 amide bonds. The van der Waals surface area contributed by atoms with Crippen LogP contribution in [0, 0.1) is 0 Å². The third-order valence-corrected chi connectivity index (χ3v) is 7.20. The molecule has 236 valence electrons. The van der Waals surface area contributed by atoms with Crippen LogP contribution in [0.3, 0.4) is 0 Å². The average molecular weight is 613 g/mol. The van der Waals surface area contributed by atoms with Crippen LogP contribution in [0.15, 0.2) is 71.5 Å². The number of pyridine rings is 1. The van der Waals surface area contributed by atoms with Crippen molar-refractivity contribution >= 4 is 40.4 Å². The van der Waals surface area contributed by atoms with Crippen LogP contribution in [0.4, 0.5) is 21.1 Å². The number of Topliss-reactive ketones (excluding diaryl/α,β-unsaturated/α-hetero) is 1. The molecule has 0 atom stereocenters. The number of fused-ring (bicyclic) bond motifs is 1. The van der Waals surface area contributed by atoms with Gasteiger partial charge in [0.25, 0.3) is 0 Å². The van der Waals surface area contributed by atoms with Crippen molar-refractivity contribution in [2.24, 2.45) is 0 Å². The summed E-state index contributed by atoms with van der Waals surface area (Å²) in [6.07, 6.45) is 2.40. The monoisotopic (exact) mass is 612 g/mol. The number of aromatic nitrogens is 1. The largest absolute Gasteiger partial charge is 0.472 e. The summed E-state index contributed by atoms with van der Waals surface area (Å²) in [6, 6.07) is 16.7. The van der Waals surface area contributed by atoms with Crippen molar-refractivity contribution in [2.75, 3.05) is 36.4 Å². The number of benzene rings is 2. The number of amides is 2. The Morgan fingerprint density at radius 3 is 2.24 bits per heavy atom. The third kappa shape index (κ3) is 8.20. The lowest BCUT2D eigenvalue weighted by molar-refractivity contribution is 0.0240. The molecule has 1 aliphatic heterocycles. The maximum Gasteiger partial charge on any atom is 0.412 e. The zero-order chi connectivity index (χ0) is 32.4. The van der Waals surface area contributed by atoms with Gasteiger partial charge in [-0.2, -0.15) is 0 Å². The van der Waals surface area contributed by atoms with Gasteiger partial charge in [-0.15, -0.1) is 0 Å². The van der Waals surface area contributed by atoms with Crippen LogP contribution in [0.2, 0.25) is 0 Å². The molecule has 0 bridgehead atoms. The Morgan fingerprint density at radius 2 is 1.58 bits per heavy atom. The van der Waals surface area contributed by atoms with E-state index in [4.69, 9.17) is 18.9 Å². The van der Waals surface area contributed by atoms with E-state index in [2.05, 4.69) is 10.2 Å². The van der Waals surface area contributed by atoms with Crippen LogP contribution in [-0.2, 0) is 15.9 Å². The van der Waals surface area contributed by atoms with E-state index < -0.39 is 17.3 Å². The van der Waals surface area contributed by atoms with Gasteiger partial charge < -0.3 is 23.7 Å². The summed E-state index contributed by atoms with van der Waals surface area (Å²) in [5.74, 6) is 0.718. The number of nitrogens with one attached hydrogen (secondary N) is 1. The standard InChI is InChI=1S/C35H40N4O6/c1-34(2,3)44-32(41)37-29-10-7-23(26-13-18-43-22-26)19-27(29)21-30(40)25-8-11-28-24(20-25)9-12-31(36-28)38-14-16-39(17-15-38)33(42)45-35(4,5)6/h7-13,18-20,22H,14-17,21H2,1-6H3,(H,37,41). The summed E-state index contributed by atoms with van der Waals surface area (Å²) >= 11 is 0. The quantitative estimate of drug-likeness (QED) is 0.225. The number of hydrogen-bond donors (Lipinski definition) is 1. The number of nitrogens with zero attached hydrogens (tertiary/aromatic N) is 3. The molecule has 2 aromatic carbocycles. The molecule has 1 aliphatic rings. The average Bonchev–Trinajstić information content (AvgIpc) is 3.51. The maximum absolute atomic E-state index is 13.6. The molecule has 1 saturated heterocycles. The molecular weight excluding hydrogens is 572 g/mol. The highest BCUT2D eigenvalue weighted by molar-refractivity contribution is 6.02. The highest BCUT2D eigenvalue weighted by Crippen LogP contribution is 2.28. The highest BCUT2D eigenvalue weighted by atomic mass is 16.6. The van der Waals surface area contributed by atoms with E-state index in [-0.39, 0.29) is 18.3 Å². The number of hydrogen-bond acceptors (Lipinski definition) is 8. The van der Waals surface area contributed by atoms with Gasteiger partial charge >= 0.3 is 12.2 Å². The summed E-state index contributed by atoms with van der Waals surface area (Å²) in [4.78, 5) is 47.3. The second-order valence-corrected chi connectivity index (χ2v) is 13.1.